The van der Waals surface area contributed by atoms with E-state index in [0.29, 0.717) is 5.69 Å². The summed E-state index contributed by atoms with van der Waals surface area (Å²) < 4.78 is 18.6. The number of hydrogen-bond acceptors (Lipinski definition) is 7. The van der Waals surface area contributed by atoms with Crippen LogP contribution in [0.5, 0.6) is 0 Å². The van der Waals surface area contributed by atoms with Gasteiger partial charge in [-0.05, 0) is 24.3 Å². The number of carbonyl (C=O) groups excluding carboxylic acids is 3. The molecule has 9 nitrogen and oxygen atoms in total. The van der Waals surface area contributed by atoms with E-state index in [-0.39, 0.29) is 24.4 Å². The van der Waals surface area contributed by atoms with E-state index >= 15 is 0 Å². The van der Waals surface area contributed by atoms with Crippen molar-refractivity contribution in [1.82, 2.24) is 0 Å². The first kappa shape index (κ1) is 19.8. The number of thioether (sulfide) groups is 1. The molecule has 2 aliphatic heterocycles. The highest BCUT2D eigenvalue weighted by atomic mass is 32.2. The summed E-state index contributed by atoms with van der Waals surface area (Å²) in [6.45, 7) is -0.662. The number of amides is 2. The van der Waals surface area contributed by atoms with E-state index in [1.54, 1.807) is 24.3 Å². The van der Waals surface area contributed by atoms with Crippen LogP contribution in [0.2, 0.25) is 0 Å². The van der Waals surface area contributed by atoms with Crippen molar-refractivity contribution in [3.05, 3.63) is 58.4 Å². The van der Waals surface area contributed by atoms with Gasteiger partial charge in [-0.15, -0.1) is 0 Å². The van der Waals surface area contributed by atoms with Crippen molar-refractivity contribution in [1.29, 1.82) is 0 Å². The average Bonchev–Trinajstić information content (AvgIpc) is 3.23. The normalized spacial score (nSPS) is 19.2. The summed E-state index contributed by atoms with van der Waals surface area (Å²) in [5.41, 5.74) is -0.170. The van der Waals surface area contributed by atoms with Crippen molar-refractivity contribution in [3.8, 4) is 0 Å². The molecule has 1 saturated heterocycles. The molecule has 1 atom stereocenters. The zero-order chi connectivity index (χ0) is 21.5. The molecule has 0 unspecified atom stereocenters. The monoisotopic (exact) mass is 431 g/mol. The van der Waals surface area contributed by atoms with Crippen LogP contribution in [-0.2, 0) is 19.1 Å². The standard InChI is InChI=1S/C19H14FN3O6S/c20-12-6-5-11(9-14(12)23(27)28)21-16(24)10-29-18(26)19-8-7-17(25)22(19)13-3-1-2-4-15(13)30-19/h1-6,9H,7-8,10H2,(H,21,24)/t19-/m0/s1. The lowest BCUT2D eigenvalue weighted by atomic mass is 10.2. The SMILES string of the molecule is O=C(COC(=O)[C@@]12CCC(=O)N1c1ccccc1S2)Nc1ccc(F)c([N+](=O)[O-])c1. The predicted octanol–water partition coefficient (Wildman–Crippen LogP) is 2.84. The second-order valence-corrected chi connectivity index (χ2v) is 7.95. The molecule has 4 rings (SSSR count). The molecule has 11 heteroatoms. The molecule has 2 amide bonds. The highest BCUT2D eigenvalue weighted by Crippen LogP contribution is 2.56. The van der Waals surface area contributed by atoms with Crippen molar-refractivity contribution in [2.24, 2.45) is 0 Å². The van der Waals surface area contributed by atoms with Crippen LogP contribution in [0.15, 0.2) is 47.4 Å². The molecule has 0 spiro atoms. The molecule has 2 heterocycles. The van der Waals surface area contributed by atoms with Crippen molar-refractivity contribution >= 4 is 46.6 Å². The van der Waals surface area contributed by atoms with Crippen LogP contribution in [0, 0.1) is 15.9 Å². The third-order valence-electron chi connectivity index (χ3n) is 4.75. The van der Waals surface area contributed by atoms with Gasteiger partial charge in [0.25, 0.3) is 5.91 Å². The molecular formula is C19H14FN3O6S. The number of nitro benzene ring substituents is 1. The van der Waals surface area contributed by atoms with E-state index in [1.807, 2.05) is 0 Å². The number of carbonyl (C=O) groups is 3. The van der Waals surface area contributed by atoms with Crippen LogP contribution in [0.3, 0.4) is 0 Å². The number of anilines is 2. The third kappa shape index (κ3) is 3.26. The van der Waals surface area contributed by atoms with Crippen molar-refractivity contribution in [2.45, 2.75) is 22.6 Å². The van der Waals surface area contributed by atoms with Crippen LogP contribution in [0.25, 0.3) is 0 Å². The number of rotatable bonds is 5. The number of benzene rings is 2. The molecule has 0 bridgehead atoms. The second kappa shape index (κ2) is 7.41. The Morgan fingerprint density at radius 1 is 1.30 bits per heavy atom. The molecule has 2 aromatic carbocycles. The van der Waals surface area contributed by atoms with E-state index < -0.39 is 39.8 Å². The first-order chi connectivity index (χ1) is 14.3. The number of esters is 1. The van der Waals surface area contributed by atoms with Gasteiger partial charge in [0.2, 0.25) is 11.7 Å². The van der Waals surface area contributed by atoms with Crippen molar-refractivity contribution in [3.63, 3.8) is 0 Å². The topological polar surface area (TPSA) is 119 Å². The molecule has 154 valence electrons. The maximum Gasteiger partial charge on any atom is 0.344 e. The lowest BCUT2D eigenvalue weighted by Gasteiger charge is -2.28. The maximum absolute atomic E-state index is 13.4. The molecule has 0 saturated carbocycles. The van der Waals surface area contributed by atoms with Gasteiger partial charge in [-0.25, -0.2) is 4.79 Å². The van der Waals surface area contributed by atoms with Gasteiger partial charge in [-0.1, -0.05) is 23.9 Å². The molecule has 1 fully saturated rings. The number of halogens is 1. The molecule has 2 aromatic rings. The van der Waals surface area contributed by atoms with Crippen LogP contribution < -0.4 is 10.2 Å². The summed E-state index contributed by atoms with van der Waals surface area (Å²) in [7, 11) is 0. The number of ether oxygens (including phenoxy) is 1. The fraction of sp³-hybridized carbons (Fsp3) is 0.211. The Kier molecular flexibility index (Phi) is 4.90. The van der Waals surface area contributed by atoms with Crippen LogP contribution >= 0.6 is 11.8 Å². The minimum absolute atomic E-state index is 0.0115. The van der Waals surface area contributed by atoms with Crippen LogP contribution in [-0.4, -0.2) is 34.2 Å². The highest BCUT2D eigenvalue weighted by molar-refractivity contribution is 8.02. The fourth-order valence-corrected chi connectivity index (χ4v) is 4.86. The number of para-hydroxylation sites is 1. The van der Waals surface area contributed by atoms with E-state index in [1.165, 1.54) is 16.7 Å². The first-order valence-corrected chi connectivity index (χ1v) is 9.65. The number of nitrogens with one attached hydrogen (secondary N) is 1. The fourth-order valence-electron chi connectivity index (χ4n) is 3.44. The first-order valence-electron chi connectivity index (χ1n) is 8.84. The molecular weight excluding hydrogens is 417 g/mol. The number of fused-ring (bicyclic) bond motifs is 3. The minimum atomic E-state index is -1.25. The van der Waals surface area contributed by atoms with Crippen molar-refractivity contribution < 1.29 is 28.4 Å². The van der Waals surface area contributed by atoms with E-state index in [9.17, 15) is 28.9 Å². The van der Waals surface area contributed by atoms with Gasteiger partial charge in [0.15, 0.2) is 11.5 Å². The number of nitrogens with zero attached hydrogens (tertiary/aromatic N) is 2. The summed E-state index contributed by atoms with van der Waals surface area (Å²) in [6, 6.07) is 9.99. The Balaban J connectivity index is 1.44. The van der Waals surface area contributed by atoms with Gasteiger partial charge in [0.05, 0.1) is 10.6 Å². The summed E-state index contributed by atoms with van der Waals surface area (Å²) >= 11 is 1.21. The summed E-state index contributed by atoms with van der Waals surface area (Å²) in [5, 5.41) is 13.1. The maximum atomic E-state index is 13.4. The summed E-state index contributed by atoms with van der Waals surface area (Å²) in [6.07, 6.45) is 0.428. The molecule has 1 N–H and O–H groups in total. The lowest BCUT2D eigenvalue weighted by molar-refractivity contribution is -0.387. The van der Waals surface area contributed by atoms with E-state index in [0.717, 1.165) is 23.1 Å². The van der Waals surface area contributed by atoms with Crippen LogP contribution in [0.1, 0.15) is 12.8 Å². The molecule has 30 heavy (non-hydrogen) atoms. The Morgan fingerprint density at radius 2 is 2.07 bits per heavy atom. The Bertz CT molecular complexity index is 1090. The van der Waals surface area contributed by atoms with E-state index in [4.69, 9.17) is 4.74 Å². The zero-order valence-electron chi connectivity index (χ0n) is 15.3. The van der Waals surface area contributed by atoms with E-state index in [2.05, 4.69) is 5.32 Å². The van der Waals surface area contributed by atoms with Gasteiger partial charge in [0, 0.05) is 29.5 Å². The van der Waals surface area contributed by atoms with Gasteiger partial charge in [-0.3, -0.25) is 24.6 Å². The largest absolute Gasteiger partial charge is 0.453 e. The van der Waals surface area contributed by atoms with Crippen molar-refractivity contribution in [2.75, 3.05) is 16.8 Å². The minimum Gasteiger partial charge on any atom is -0.453 e. The summed E-state index contributed by atoms with van der Waals surface area (Å²) in [4.78, 5) is 48.2. The van der Waals surface area contributed by atoms with Gasteiger partial charge in [-0.2, -0.15) is 4.39 Å². The average molecular weight is 431 g/mol. The number of nitro groups is 1. The Hall–Kier alpha value is -3.47. The number of hydrogen-bond donors (Lipinski definition) is 1. The molecule has 0 radical (unpaired) electrons. The zero-order valence-corrected chi connectivity index (χ0v) is 16.1. The third-order valence-corrected chi connectivity index (χ3v) is 6.21. The van der Waals surface area contributed by atoms with Gasteiger partial charge < -0.3 is 10.1 Å². The Labute approximate surface area is 173 Å². The van der Waals surface area contributed by atoms with Crippen LogP contribution in [0.4, 0.5) is 21.5 Å². The molecule has 0 aromatic heterocycles. The highest BCUT2D eigenvalue weighted by Gasteiger charge is 2.58. The quantitative estimate of drug-likeness (QED) is 0.439. The second-order valence-electron chi connectivity index (χ2n) is 6.63. The Morgan fingerprint density at radius 3 is 2.83 bits per heavy atom. The smallest absolute Gasteiger partial charge is 0.344 e. The van der Waals surface area contributed by atoms with Gasteiger partial charge >= 0.3 is 11.7 Å². The molecule has 2 aliphatic rings. The van der Waals surface area contributed by atoms with Gasteiger partial charge in [0.1, 0.15) is 0 Å². The lowest BCUT2D eigenvalue weighted by Crippen LogP contribution is -2.48. The molecule has 0 aliphatic carbocycles. The predicted molar refractivity (Wildman–Crippen MR) is 104 cm³/mol. The summed E-state index contributed by atoms with van der Waals surface area (Å²) in [5.74, 6) is -2.72.